The lowest BCUT2D eigenvalue weighted by Crippen LogP contribution is -2.21. The van der Waals surface area contributed by atoms with E-state index in [0.717, 1.165) is 37.3 Å². The highest BCUT2D eigenvalue weighted by atomic mass is 19.3. The Balaban J connectivity index is 1.77. The van der Waals surface area contributed by atoms with E-state index in [0.29, 0.717) is 0 Å². The molecule has 5 heteroatoms. The highest BCUT2D eigenvalue weighted by Crippen LogP contribution is 2.33. The lowest BCUT2D eigenvalue weighted by Gasteiger charge is -2.19. The third kappa shape index (κ3) is 4.41. The van der Waals surface area contributed by atoms with E-state index >= 15 is 0 Å². The molecule has 0 saturated carbocycles. The van der Waals surface area contributed by atoms with Gasteiger partial charge in [-0.25, -0.2) is 8.78 Å². The van der Waals surface area contributed by atoms with Crippen molar-refractivity contribution in [1.29, 1.82) is 0 Å². The van der Waals surface area contributed by atoms with Crippen LogP contribution in [0.15, 0.2) is 54.6 Å². The van der Waals surface area contributed by atoms with Crippen LogP contribution in [-0.2, 0) is 12.5 Å². The largest absolute Gasteiger partial charge is 0.429 e. The Morgan fingerprint density at radius 1 is 0.889 bits per heavy atom. The minimum absolute atomic E-state index is 0.0158. The molecule has 0 amide bonds. The van der Waals surface area contributed by atoms with Gasteiger partial charge in [-0.1, -0.05) is 38.0 Å². The van der Waals surface area contributed by atoms with E-state index in [2.05, 4.69) is 6.92 Å². The topological polar surface area (TPSA) is 9.23 Å². The standard InChI is InChI=1S/C22H20F4O/c1-2-3-4-5-15-6-9-17(10-7-15)22(25,26)27-18-11-12-19-16(14-18)8-13-20(23)21(19)24/h6-14H,2-5H2,1H3. The molecular weight excluding hydrogens is 356 g/mol. The van der Waals surface area contributed by atoms with Crippen molar-refractivity contribution in [2.45, 2.75) is 38.7 Å². The van der Waals surface area contributed by atoms with Crippen LogP contribution >= 0.6 is 0 Å². The first-order valence-electron chi connectivity index (χ1n) is 8.94. The molecule has 0 aliphatic carbocycles. The lowest BCUT2D eigenvalue weighted by molar-refractivity contribution is -0.185. The van der Waals surface area contributed by atoms with Crippen LogP contribution in [0, 0.1) is 11.6 Å². The number of halogens is 4. The molecule has 0 aliphatic heterocycles. The fourth-order valence-electron chi connectivity index (χ4n) is 2.96. The Kier molecular flexibility index (Phi) is 5.68. The maximum atomic E-state index is 14.5. The summed E-state index contributed by atoms with van der Waals surface area (Å²) in [5.74, 6) is -2.12. The molecule has 3 rings (SSSR count). The average molecular weight is 376 g/mol. The zero-order valence-corrected chi connectivity index (χ0v) is 14.9. The van der Waals surface area contributed by atoms with E-state index in [9.17, 15) is 17.6 Å². The fraction of sp³-hybridized carbons (Fsp3) is 0.273. The highest BCUT2D eigenvalue weighted by molar-refractivity contribution is 5.84. The van der Waals surface area contributed by atoms with Crippen LogP contribution in [0.2, 0.25) is 0 Å². The van der Waals surface area contributed by atoms with Crippen LogP contribution < -0.4 is 4.74 Å². The summed E-state index contributed by atoms with van der Waals surface area (Å²) in [5, 5.41) is 0.301. The van der Waals surface area contributed by atoms with Crippen molar-refractivity contribution in [1.82, 2.24) is 0 Å². The second kappa shape index (κ2) is 7.99. The maximum Gasteiger partial charge on any atom is 0.426 e. The van der Waals surface area contributed by atoms with E-state index in [-0.39, 0.29) is 22.1 Å². The van der Waals surface area contributed by atoms with Crippen LogP contribution in [0.4, 0.5) is 17.6 Å². The number of hydrogen-bond acceptors (Lipinski definition) is 1. The average Bonchev–Trinajstić information content (AvgIpc) is 2.65. The molecule has 0 spiro atoms. The summed E-state index contributed by atoms with van der Waals surface area (Å²) in [6.45, 7) is 2.11. The van der Waals surface area contributed by atoms with Crippen molar-refractivity contribution in [2.75, 3.05) is 0 Å². The molecule has 0 bridgehead atoms. The summed E-state index contributed by atoms with van der Waals surface area (Å²) in [6.07, 6.45) is 0.554. The van der Waals surface area contributed by atoms with E-state index in [4.69, 9.17) is 4.74 Å². The van der Waals surface area contributed by atoms with E-state index in [1.807, 2.05) is 0 Å². The maximum absolute atomic E-state index is 14.5. The molecule has 0 N–H and O–H groups in total. The summed E-state index contributed by atoms with van der Waals surface area (Å²) >= 11 is 0. The molecule has 0 saturated heterocycles. The van der Waals surface area contributed by atoms with Gasteiger partial charge in [0.2, 0.25) is 0 Å². The molecule has 1 nitrogen and oxygen atoms in total. The fourth-order valence-corrected chi connectivity index (χ4v) is 2.96. The summed E-state index contributed by atoms with van der Waals surface area (Å²) in [5.41, 5.74) is 0.748. The first-order valence-corrected chi connectivity index (χ1v) is 8.94. The molecule has 3 aromatic rings. The van der Waals surface area contributed by atoms with Gasteiger partial charge in [0.1, 0.15) is 5.75 Å². The highest BCUT2D eigenvalue weighted by Gasteiger charge is 2.34. The van der Waals surface area contributed by atoms with E-state index in [1.54, 1.807) is 12.1 Å². The first kappa shape index (κ1) is 19.2. The number of aryl methyl sites for hydroxylation is 1. The zero-order chi connectivity index (χ0) is 19.4. The van der Waals surface area contributed by atoms with Crippen LogP contribution in [0.3, 0.4) is 0 Å². The van der Waals surface area contributed by atoms with Crippen molar-refractivity contribution in [3.05, 3.63) is 77.4 Å². The molecule has 0 radical (unpaired) electrons. The molecule has 3 aromatic carbocycles. The molecule has 0 aromatic heterocycles. The molecule has 142 valence electrons. The second-order valence-electron chi connectivity index (χ2n) is 6.52. The molecule has 0 heterocycles. The number of hydrogen-bond donors (Lipinski definition) is 0. The molecule has 0 unspecified atom stereocenters. The Bertz CT molecular complexity index is 919. The van der Waals surface area contributed by atoms with Gasteiger partial charge in [-0.2, -0.15) is 8.78 Å². The molecule has 0 atom stereocenters. The van der Waals surface area contributed by atoms with Gasteiger partial charge in [0, 0.05) is 5.39 Å². The third-order valence-corrected chi connectivity index (χ3v) is 4.48. The minimum atomic E-state index is -3.53. The number of unbranched alkanes of at least 4 members (excludes halogenated alkanes) is 2. The molecule has 0 aliphatic rings. The smallest absolute Gasteiger partial charge is 0.426 e. The van der Waals surface area contributed by atoms with E-state index < -0.39 is 17.7 Å². The van der Waals surface area contributed by atoms with Crippen molar-refractivity contribution >= 4 is 10.8 Å². The van der Waals surface area contributed by atoms with E-state index in [1.165, 1.54) is 36.4 Å². The number of rotatable bonds is 7. The second-order valence-corrected chi connectivity index (χ2v) is 6.52. The van der Waals surface area contributed by atoms with Gasteiger partial charge < -0.3 is 4.74 Å². The molecule has 0 fully saturated rings. The Labute approximate surface area is 155 Å². The zero-order valence-electron chi connectivity index (χ0n) is 14.9. The number of alkyl halides is 2. The van der Waals surface area contributed by atoms with Crippen molar-refractivity contribution in [3.8, 4) is 5.75 Å². The first-order chi connectivity index (χ1) is 12.9. The van der Waals surface area contributed by atoms with Crippen LogP contribution in [0.5, 0.6) is 5.75 Å². The molecular formula is C22H20F4O. The lowest BCUT2D eigenvalue weighted by atomic mass is 10.0. The normalized spacial score (nSPS) is 11.7. The van der Waals surface area contributed by atoms with Gasteiger partial charge >= 0.3 is 6.11 Å². The summed E-state index contributed by atoms with van der Waals surface area (Å²) in [6, 6.07) is 12.1. The number of ether oxygens (including phenoxy) is 1. The van der Waals surface area contributed by atoms with Gasteiger partial charge in [-0.05, 0) is 60.2 Å². The Morgan fingerprint density at radius 3 is 2.33 bits per heavy atom. The third-order valence-electron chi connectivity index (χ3n) is 4.48. The number of fused-ring (bicyclic) bond motifs is 1. The quantitative estimate of drug-likeness (QED) is 0.319. The van der Waals surface area contributed by atoms with Crippen LogP contribution in [-0.4, -0.2) is 0 Å². The Hall–Kier alpha value is -2.56. The molecule has 27 heavy (non-hydrogen) atoms. The van der Waals surface area contributed by atoms with Crippen LogP contribution in [0.1, 0.15) is 37.3 Å². The van der Waals surface area contributed by atoms with Gasteiger partial charge in [0.05, 0.1) is 5.56 Å². The van der Waals surface area contributed by atoms with Gasteiger partial charge in [-0.3, -0.25) is 0 Å². The minimum Gasteiger partial charge on any atom is -0.429 e. The van der Waals surface area contributed by atoms with Crippen LogP contribution in [0.25, 0.3) is 10.8 Å². The predicted octanol–water partition coefficient (Wildman–Crippen LogP) is 6.98. The van der Waals surface area contributed by atoms with Gasteiger partial charge in [0.15, 0.2) is 11.6 Å². The Morgan fingerprint density at radius 2 is 1.63 bits per heavy atom. The van der Waals surface area contributed by atoms with Crippen molar-refractivity contribution in [3.63, 3.8) is 0 Å². The summed E-state index contributed by atoms with van der Waals surface area (Å²) < 4.78 is 60.8. The number of benzene rings is 3. The SMILES string of the molecule is CCCCCc1ccc(C(F)(F)Oc2ccc3c(F)c(F)ccc3c2)cc1. The summed E-state index contributed by atoms with van der Waals surface area (Å²) in [7, 11) is 0. The van der Waals surface area contributed by atoms with Gasteiger partial charge in [-0.15, -0.1) is 0 Å². The van der Waals surface area contributed by atoms with Crippen molar-refractivity contribution in [2.24, 2.45) is 0 Å². The predicted molar refractivity (Wildman–Crippen MR) is 98.1 cm³/mol. The monoisotopic (exact) mass is 376 g/mol. The summed E-state index contributed by atoms with van der Waals surface area (Å²) in [4.78, 5) is 0. The van der Waals surface area contributed by atoms with Crippen molar-refractivity contribution < 1.29 is 22.3 Å². The van der Waals surface area contributed by atoms with Gasteiger partial charge in [0.25, 0.3) is 0 Å².